The minimum atomic E-state index is -4.88. The minimum Gasteiger partial charge on any atom is -0.369 e. The van der Waals surface area contributed by atoms with E-state index in [9.17, 15) is 18.0 Å². The first-order valence-electron chi connectivity index (χ1n) is 6.53. The van der Waals surface area contributed by atoms with E-state index in [1.54, 1.807) is 12.1 Å². The number of carbonyl (C=O) groups excluding carboxylic acids is 1. The summed E-state index contributed by atoms with van der Waals surface area (Å²) >= 11 is 0. The Hall–Kier alpha value is -1.82. The number of rotatable bonds is 4. The average Bonchev–Trinajstić information content (AvgIpc) is 2.73. The molecule has 0 aromatic heterocycles. The van der Waals surface area contributed by atoms with Gasteiger partial charge in [0, 0.05) is 6.42 Å². The Labute approximate surface area is 120 Å². The highest BCUT2D eigenvalue weighted by Gasteiger charge is 2.42. The SMILES string of the molecule is C=CCO[C@@H]1C[C@H](NC(=O)C(F)(F)F)c2cc(C)ccc21. The standard InChI is InChI=1S/C15H16F3NO2/c1-3-6-21-13-8-12(19-14(20)15(16,17)18)11-7-9(2)4-5-10(11)13/h3-5,7,12-13H,1,6,8H2,2H3,(H,19,20)/t12-,13+/m0/s1. The third-order valence-electron chi connectivity index (χ3n) is 3.39. The number of nitrogens with one attached hydrogen (secondary N) is 1. The van der Waals surface area contributed by atoms with Crippen LogP contribution in [-0.2, 0) is 9.53 Å². The van der Waals surface area contributed by atoms with Crippen LogP contribution < -0.4 is 5.32 Å². The maximum absolute atomic E-state index is 12.4. The fourth-order valence-corrected chi connectivity index (χ4v) is 2.48. The molecule has 1 aliphatic carbocycles. The first kappa shape index (κ1) is 15.6. The zero-order chi connectivity index (χ0) is 15.6. The lowest BCUT2D eigenvalue weighted by molar-refractivity contribution is -0.174. The van der Waals surface area contributed by atoms with Gasteiger partial charge in [-0.1, -0.05) is 29.8 Å². The van der Waals surface area contributed by atoms with Crippen molar-refractivity contribution in [2.75, 3.05) is 6.61 Å². The summed E-state index contributed by atoms with van der Waals surface area (Å²) in [6, 6.07) is 4.80. The molecule has 114 valence electrons. The zero-order valence-electron chi connectivity index (χ0n) is 11.5. The molecule has 1 aromatic carbocycles. The van der Waals surface area contributed by atoms with Crippen LogP contribution in [0.2, 0.25) is 0 Å². The molecule has 1 aliphatic rings. The monoisotopic (exact) mass is 299 g/mol. The van der Waals surface area contributed by atoms with Gasteiger partial charge in [0.25, 0.3) is 0 Å². The summed E-state index contributed by atoms with van der Waals surface area (Å²) in [5.74, 6) is -1.93. The van der Waals surface area contributed by atoms with E-state index in [0.29, 0.717) is 12.2 Å². The van der Waals surface area contributed by atoms with Gasteiger partial charge in [-0.3, -0.25) is 4.79 Å². The Kier molecular flexibility index (Phi) is 4.37. The van der Waals surface area contributed by atoms with Gasteiger partial charge in [-0.05, 0) is 18.1 Å². The second-order valence-corrected chi connectivity index (χ2v) is 5.00. The van der Waals surface area contributed by atoms with Crippen molar-refractivity contribution in [1.29, 1.82) is 0 Å². The van der Waals surface area contributed by atoms with Crippen molar-refractivity contribution < 1.29 is 22.7 Å². The van der Waals surface area contributed by atoms with E-state index in [1.807, 2.05) is 24.4 Å². The molecule has 3 nitrogen and oxygen atoms in total. The van der Waals surface area contributed by atoms with Crippen molar-refractivity contribution in [3.63, 3.8) is 0 Å². The fraction of sp³-hybridized carbons (Fsp3) is 0.400. The van der Waals surface area contributed by atoms with Gasteiger partial charge >= 0.3 is 12.1 Å². The lowest BCUT2D eigenvalue weighted by atomic mass is 10.0. The van der Waals surface area contributed by atoms with Crippen LogP contribution in [0.4, 0.5) is 13.2 Å². The van der Waals surface area contributed by atoms with Crippen LogP contribution in [0.1, 0.15) is 35.3 Å². The molecule has 21 heavy (non-hydrogen) atoms. The smallest absolute Gasteiger partial charge is 0.369 e. The highest BCUT2D eigenvalue weighted by molar-refractivity contribution is 5.82. The zero-order valence-corrected chi connectivity index (χ0v) is 11.5. The number of benzene rings is 1. The highest BCUT2D eigenvalue weighted by Crippen LogP contribution is 2.41. The van der Waals surface area contributed by atoms with Crippen molar-refractivity contribution in [2.45, 2.75) is 31.7 Å². The van der Waals surface area contributed by atoms with Crippen molar-refractivity contribution in [3.8, 4) is 0 Å². The Bertz CT molecular complexity index is 554. The molecule has 2 rings (SSSR count). The number of amides is 1. The molecule has 0 radical (unpaired) electrons. The Morgan fingerprint density at radius 3 is 2.81 bits per heavy atom. The first-order valence-corrected chi connectivity index (χ1v) is 6.53. The third kappa shape index (κ3) is 3.44. The number of hydrogen-bond donors (Lipinski definition) is 1. The van der Waals surface area contributed by atoms with Gasteiger partial charge < -0.3 is 10.1 Å². The summed E-state index contributed by atoms with van der Waals surface area (Å²) in [5, 5.41) is 2.04. The van der Waals surface area contributed by atoms with Gasteiger partial charge in [0.1, 0.15) is 0 Å². The number of alkyl halides is 3. The molecular formula is C15H16F3NO2. The molecule has 0 spiro atoms. The third-order valence-corrected chi connectivity index (χ3v) is 3.39. The number of carbonyl (C=O) groups is 1. The number of fused-ring (bicyclic) bond motifs is 1. The molecule has 1 aromatic rings. The number of halogens is 3. The van der Waals surface area contributed by atoms with Crippen LogP contribution in [0.25, 0.3) is 0 Å². The van der Waals surface area contributed by atoms with Crippen molar-refractivity contribution in [1.82, 2.24) is 5.32 Å². The van der Waals surface area contributed by atoms with E-state index >= 15 is 0 Å². The van der Waals surface area contributed by atoms with Crippen LogP contribution in [0.15, 0.2) is 30.9 Å². The predicted molar refractivity (Wildman–Crippen MR) is 71.6 cm³/mol. The van der Waals surface area contributed by atoms with E-state index < -0.39 is 18.1 Å². The molecule has 0 bridgehead atoms. The van der Waals surface area contributed by atoms with Crippen molar-refractivity contribution in [3.05, 3.63) is 47.5 Å². The van der Waals surface area contributed by atoms with E-state index in [4.69, 9.17) is 4.74 Å². The summed E-state index contributed by atoms with van der Waals surface area (Å²) in [5.41, 5.74) is 2.42. The molecular weight excluding hydrogens is 283 g/mol. The van der Waals surface area contributed by atoms with Crippen LogP contribution in [0.3, 0.4) is 0 Å². The second kappa shape index (κ2) is 5.89. The second-order valence-electron chi connectivity index (χ2n) is 5.00. The Morgan fingerprint density at radius 1 is 1.48 bits per heavy atom. The summed E-state index contributed by atoms with van der Waals surface area (Å²) in [6.07, 6.45) is -3.36. The molecule has 1 amide bonds. The van der Waals surface area contributed by atoms with Gasteiger partial charge in [-0.25, -0.2) is 0 Å². The molecule has 1 N–H and O–H groups in total. The number of ether oxygens (including phenoxy) is 1. The van der Waals surface area contributed by atoms with Crippen LogP contribution in [0.5, 0.6) is 0 Å². The normalized spacial score (nSPS) is 21.0. The average molecular weight is 299 g/mol. The topological polar surface area (TPSA) is 38.3 Å². The molecule has 0 aliphatic heterocycles. The molecule has 0 saturated heterocycles. The lowest BCUT2D eigenvalue weighted by Crippen LogP contribution is -2.38. The van der Waals surface area contributed by atoms with E-state index in [0.717, 1.165) is 11.1 Å². The van der Waals surface area contributed by atoms with Crippen LogP contribution >= 0.6 is 0 Å². The lowest BCUT2D eigenvalue weighted by Gasteiger charge is -2.16. The van der Waals surface area contributed by atoms with E-state index in [1.165, 1.54) is 0 Å². The van der Waals surface area contributed by atoms with Crippen molar-refractivity contribution in [2.24, 2.45) is 0 Å². The quantitative estimate of drug-likeness (QED) is 0.866. The van der Waals surface area contributed by atoms with Gasteiger partial charge in [0.2, 0.25) is 0 Å². The molecule has 0 unspecified atom stereocenters. The molecule has 0 saturated carbocycles. The van der Waals surface area contributed by atoms with Crippen LogP contribution in [-0.4, -0.2) is 18.7 Å². The molecule has 0 fully saturated rings. The van der Waals surface area contributed by atoms with Gasteiger partial charge in [0.05, 0.1) is 18.8 Å². The largest absolute Gasteiger partial charge is 0.471 e. The summed E-state index contributed by atoms with van der Waals surface area (Å²) in [4.78, 5) is 11.1. The van der Waals surface area contributed by atoms with Gasteiger partial charge in [-0.15, -0.1) is 6.58 Å². The maximum atomic E-state index is 12.4. The Morgan fingerprint density at radius 2 is 2.19 bits per heavy atom. The number of hydrogen-bond acceptors (Lipinski definition) is 2. The van der Waals surface area contributed by atoms with Crippen molar-refractivity contribution >= 4 is 5.91 Å². The summed E-state index contributed by atoms with van der Waals surface area (Å²) < 4.78 is 42.8. The minimum absolute atomic E-state index is 0.286. The maximum Gasteiger partial charge on any atom is 0.471 e. The molecule has 2 atom stereocenters. The van der Waals surface area contributed by atoms with Gasteiger partial charge in [-0.2, -0.15) is 13.2 Å². The molecule has 6 heteroatoms. The molecule has 0 heterocycles. The fourth-order valence-electron chi connectivity index (χ4n) is 2.48. The van der Waals surface area contributed by atoms with E-state index in [-0.39, 0.29) is 12.5 Å². The van der Waals surface area contributed by atoms with Crippen LogP contribution in [0, 0.1) is 6.92 Å². The highest BCUT2D eigenvalue weighted by atomic mass is 19.4. The summed E-state index contributed by atoms with van der Waals surface area (Å²) in [7, 11) is 0. The first-order chi connectivity index (χ1) is 9.82. The predicted octanol–water partition coefficient (Wildman–Crippen LogP) is 3.36. The Balaban J connectivity index is 2.23. The number of aryl methyl sites for hydroxylation is 1. The summed E-state index contributed by atoms with van der Waals surface area (Å²) in [6.45, 7) is 5.70. The van der Waals surface area contributed by atoms with Gasteiger partial charge in [0.15, 0.2) is 0 Å². The van der Waals surface area contributed by atoms with E-state index in [2.05, 4.69) is 6.58 Å².